The van der Waals surface area contributed by atoms with E-state index in [2.05, 4.69) is 5.10 Å². The lowest BCUT2D eigenvalue weighted by Crippen LogP contribution is -2.46. The van der Waals surface area contributed by atoms with Crippen LogP contribution in [0.5, 0.6) is 0 Å². The van der Waals surface area contributed by atoms with Crippen molar-refractivity contribution in [1.82, 2.24) is 0 Å². The molecule has 0 saturated carbocycles. The average molecular weight is 360 g/mol. The summed E-state index contributed by atoms with van der Waals surface area (Å²) in [6.07, 6.45) is -5.36. The first-order valence-corrected chi connectivity index (χ1v) is 8.26. The summed E-state index contributed by atoms with van der Waals surface area (Å²) in [4.78, 5) is 0. The molecule has 7 heteroatoms. The SMILES string of the molecule is OC[C@H](O)[C@H](O)[C@H](O)[C@@H](O)C=NN(Cc1ccccc1)c1ccccc1. The molecule has 7 nitrogen and oxygen atoms in total. The lowest BCUT2D eigenvalue weighted by atomic mass is 10.0. The zero-order valence-electron chi connectivity index (χ0n) is 14.2. The van der Waals surface area contributed by atoms with Crippen LogP contribution < -0.4 is 5.01 Å². The molecule has 2 aromatic rings. The molecule has 26 heavy (non-hydrogen) atoms. The molecule has 5 N–H and O–H groups in total. The van der Waals surface area contributed by atoms with Crippen LogP contribution in [-0.2, 0) is 6.54 Å². The second-order valence-electron chi connectivity index (χ2n) is 5.87. The van der Waals surface area contributed by atoms with Crippen LogP contribution in [0, 0.1) is 0 Å². The number of hydrogen-bond donors (Lipinski definition) is 5. The Bertz CT molecular complexity index is 668. The molecule has 0 amide bonds. The Balaban J connectivity index is 2.14. The molecule has 0 fully saturated rings. The molecule has 0 saturated heterocycles. The monoisotopic (exact) mass is 360 g/mol. The molecule has 140 valence electrons. The van der Waals surface area contributed by atoms with Crippen LogP contribution >= 0.6 is 0 Å². The van der Waals surface area contributed by atoms with E-state index in [1.807, 2.05) is 60.7 Å². The average Bonchev–Trinajstić information content (AvgIpc) is 2.70. The van der Waals surface area contributed by atoms with Gasteiger partial charge in [-0.25, -0.2) is 0 Å². The van der Waals surface area contributed by atoms with Crippen LogP contribution in [0.15, 0.2) is 65.8 Å². The van der Waals surface area contributed by atoms with Crippen molar-refractivity contribution in [3.63, 3.8) is 0 Å². The van der Waals surface area contributed by atoms with Gasteiger partial charge in [-0.15, -0.1) is 0 Å². The number of benzene rings is 2. The normalized spacial score (nSPS) is 16.2. The highest BCUT2D eigenvalue weighted by atomic mass is 16.4. The van der Waals surface area contributed by atoms with Gasteiger partial charge in [-0.3, -0.25) is 5.01 Å². The minimum atomic E-state index is -1.69. The van der Waals surface area contributed by atoms with Crippen molar-refractivity contribution >= 4 is 11.9 Å². The molecule has 2 rings (SSSR count). The molecule has 0 heterocycles. The lowest BCUT2D eigenvalue weighted by Gasteiger charge is -2.24. The summed E-state index contributed by atoms with van der Waals surface area (Å²) in [5.41, 5.74) is 1.78. The van der Waals surface area contributed by atoms with Gasteiger partial charge in [0.25, 0.3) is 0 Å². The lowest BCUT2D eigenvalue weighted by molar-refractivity contribution is -0.0999. The summed E-state index contributed by atoms with van der Waals surface area (Å²) in [6.45, 7) is -0.293. The van der Waals surface area contributed by atoms with Gasteiger partial charge in [0.1, 0.15) is 24.4 Å². The van der Waals surface area contributed by atoms with Crippen molar-refractivity contribution in [3.8, 4) is 0 Å². The Labute approximate surface area is 152 Å². The largest absolute Gasteiger partial charge is 0.394 e. The summed E-state index contributed by atoms with van der Waals surface area (Å²) in [5, 5.41) is 53.6. The third kappa shape index (κ3) is 5.62. The van der Waals surface area contributed by atoms with Crippen LogP contribution in [0.1, 0.15) is 5.56 Å². The van der Waals surface area contributed by atoms with E-state index in [1.54, 1.807) is 5.01 Å². The van der Waals surface area contributed by atoms with Gasteiger partial charge < -0.3 is 25.5 Å². The summed E-state index contributed by atoms with van der Waals surface area (Å²) in [6, 6.07) is 18.9. The molecule has 0 radical (unpaired) electrons. The number of nitrogens with zero attached hydrogens (tertiary/aromatic N) is 2. The topological polar surface area (TPSA) is 117 Å². The fraction of sp³-hybridized carbons (Fsp3) is 0.316. The van der Waals surface area contributed by atoms with Crippen molar-refractivity contribution in [2.24, 2.45) is 5.10 Å². The summed E-state index contributed by atoms with van der Waals surface area (Å²) < 4.78 is 0. The van der Waals surface area contributed by atoms with Crippen molar-refractivity contribution in [2.45, 2.75) is 31.0 Å². The molecular weight excluding hydrogens is 336 g/mol. The van der Waals surface area contributed by atoms with Crippen molar-refractivity contribution in [3.05, 3.63) is 66.2 Å². The maximum Gasteiger partial charge on any atom is 0.119 e. The molecular formula is C19H24N2O5. The number of rotatable bonds is 9. The van der Waals surface area contributed by atoms with Gasteiger partial charge in [0.05, 0.1) is 25.1 Å². The third-order valence-electron chi connectivity index (χ3n) is 3.87. The van der Waals surface area contributed by atoms with Crippen LogP contribution in [-0.4, -0.2) is 62.8 Å². The summed E-state index contributed by atoms with van der Waals surface area (Å²) in [5.74, 6) is 0. The molecule has 0 aliphatic rings. The fourth-order valence-corrected chi connectivity index (χ4v) is 2.33. The van der Waals surface area contributed by atoms with Gasteiger partial charge in [-0.1, -0.05) is 48.5 Å². The number of anilines is 1. The van der Waals surface area contributed by atoms with E-state index >= 15 is 0 Å². The van der Waals surface area contributed by atoms with Gasteiger partial charge in [0.2, 0.25) is 0 Å². The van der Waals surface area contributed by atoms with E-state index in [0.29, 0.717) is 6.54 Å². The summed E-state index contributed by atoms with van der Waals surface area (Å²) >= 11 is 0. The molecule has 0 spiro atoms. The standard InChI is InChI=1S/C19H24N2O5/c22-13-17(24)19(26)18(25)16(23)11-20-21(15-9-5-2-6-10-15)12-14-7-3-1-4-8-14/h1-11,16-19,22-26H,12-13H2/t16-,17-,18+,19-/m0/s1. The van der Waals surface area contributed by atoms with E-state index < -0.39 is 31.0 Å². The minimum absolute atomic E-state index is 0.436. The number of hydrazone groups is 1. The van der Waals surface area contributed by atoms with Crippen molar-refractivity contribution in [1.29, 1.82) is 0 Å². The predicted molar refractivity (Wildman–Crippen MR) is 98.7 cm³/mol. The van der Waals surface area contributed by atoms with Crippen LogP contribution in [0.25, 0.3) is 0 Å². The Kier molecular flexibility index (Phi) is 7.71. The van der Waals surface area contributed by atoms with Gasteiger partial charge in [0, 0.05) is 0 Å². The quantitative estimate of drug-likeness (QED) is 0.320. The number of hydrogen-bond acceptors (Lipinski definition) is 7. The van der Waals surface area contributed by atoms with Gasteiger partial charge in [-0.2, -0.15) is 5.10 Å². The maximum atomic E-state index is 10.0. The number of para-hydroxylation sites is 1. The van der Waals surface area contributed by atoms with Gasteiger partial charge in [0.15, 0.2) is 0 Å². The highest BCUT2D eigenvalue weighted by Crippen LogP contribution is 2.17. The first-order valence-electron chi connectivity index (χ1n) is 8.26. The molecule has 0 bridgehead atoms. The van der Waals surface area contributed by atoms with Crippen LogP contribution in [0.2, 0.25) is 0 Å². The first kappa shape index (κ1) is 20.0. The Morgan fingerprint density at radius 3 is 2.00 bits per heavy atom. The Morgan fingerprint density at radius 1 is 0.846 bits per heavy atom. The maximum absolute atomic E-state index is 10.0. The Morgan fingerprint density at radius 2 is 1.42 bits per heavy atom. The van der Waals surface area contributed by atoms with Gasteiger partial charge >= 0.3 is 0 Å². The van der Waals surface area contributed by atoms with E-state index in [4.69, 9.17) is 5.11 Å². The zero-order chi connectivity index (χ0) is 18.9. The highest BCUT2D eigenvalue weighted by Gasteiger charge is 2.29. The van der Waals surface area contributed by atoms with E-state index in [9.17, 15) is 20.4 Å². The van der Waals surface area contributed by atoms with E-state index in [-0.39, 0.29) is 0 Å². The molecule has 0 aliphatic heterocycles. The zero-order valence-corrected chi connectivity index (χ0v) is 14.2. The van der Waals surface area contributed by atoms with E-state index in [1.165, 1.54) is 0 Å². The van der Waals surface area contributed by atoms with Crippen molar-refractivity contribution < 1.29 is 25.5 Å². The number of aliphatic hydroxyl groups is 5. The molecule has 4 atom stereocenters. The molecule has 0 aromatic heterocycles. The Hall–Kier alpha value is -2.29. The second-order valence-corrected chi connectivity index (χ2v) is 5.87. The molecule has 0 aliphatic carbocycles. The minimum Gasteiger partial charge on any atom is -0.394 e. The predicted octanol–water partition coefficient (Wildman–Crippen LogP) is 0.115. The van der Waals surface area contributed by atoms with Crippen LogP contribution in [0.3, 0.4) is 0 Å². The highest BCUT2D eigenvalue weighted by molar-refractivity contribution is 5.66. The van der Waals surface area contributed by atoms with E-state index in [0.717, 1.165) is 17.5 Å². The van der Waals surface area contributed by atoms with Gasteiger partial charge in [-0.05, 0) is 17.7 Å². The number of aliphatic hydroxyl groups excluding tert-OH is 5. The smallest absolute Gasteiger partial charge is 0.119 e. The first-order chi connectivity index (χ1) is 12.5. The molecule has 2 aromatic carbocycles. The summed E-state index contributed by atoms with van der Waals surface area (Å²) in [7, 11) is 0. The second kappa shape index (κ2) is 10.0. The molecule has 0 unspecified atom stereocenters. The fourth-order valence-electron chi connectivity index (χ4n) is 2.33. The van der Waals surface area contributed by atoms with Crippen molar-refractivity contribution in [2.75, 3.05) is 11.6 Å². The third-order valence-corrected chi connectivity index (χ3v) is 3.87. The van der Waals surface area contributed by atoms with Crippen LogP contribution in [0.4, 0.5) is 5.69 Å².